The Morgan fingerprint density at radius 1 is 1.37 bits per heavy atom. The fourth-order valence-corrected chi connectivity index (χ4v) is 4.11. The first-order valence-electron chi connectivity index (χ1n) is 9.27. The average molecular weight is 385 g/mol. The van der Waals surface area contributed by atoms with E-state index in [9.17, 15) is 4.79 Å². The lowest BCUT2D eigenvalue weighted by molar-refractivity contribution is -0.0366. The summed E-state index contributed by atoms with van der Waals surface area (Å²) < 4.78 is 7.81. The topological polar surface area (TPSA) is 81.1 Å². The number of hydrogen-bond donors (Lipinski definition) is 2. The highest BCUT2D eigenvalue weighted by Crippen LogP contribution is 2.32. The molecule has 0 saturated carbocycles. The summed E-state index contributed by atoms with van der Waals surface area (Å²) >= 11 is 1.35. The second kappa shape index (κ2) is 7.66. The van der Waals surface area contributed by atoms with Gasteiger partial charge < -0.3 is 15.4 Å². The van der Waals surface area contributed by atoms with E-state index in [0.29, 0.717) is 4.88 Å². The number of anilines is 2. The number of aryl methyl sites for hydroxylation is 1. The molecule has 2 N–H and O–H groups in total. The summed E-state index contributed by atoms with van der Waals surface area (Å²) in [6.07, 6.45) is 6.58. The fourth-order valence-electron chi connectivity index (χ4n) is 3.33. The summed E-state index contributed by atoms with van der Waals surface area (Å²) in [5.41, 5.74) is 2.76. The van der Waals surface area contributed by atoms with Crippen LogP contribution in [0.25, 0.3) is 10.9 Å². The molecule has 1 saturated heterocycles. The van der Waals surface area contributed by atoms with Gasteiger partial charge in [-0.2, -0.15) is 5.10 Å². The van der Waals surface area contributed by atoms with Gasteiger partial charge in [0.1, 0.15) is 4.88 Å². The zero-order chi connectivity index (χ0) is 18.8. The van der Waals surface area contributed by atoms with Gasteiger partial charge in [-0.15, -0.1) is 0 Å². The van der Waals surface area contributed by atoms with Crippen LogP contribution < -0.4 is 10.6 Å². The number of carbonyl (C=O) groups excluding carboxylic acids is 1. The maximum atomic E-state index is 12.7. The van der Waals surface area contributed by atoms with Gasteiger partial charge in [0.25, 0.3) is 5.91 Å². The Labute approximate surface area is 161 Å². The maximum absolute atomic E-state index is 12.7. The van der Waals surface area contributed by atoms with Gasteiger partial charge in [-0.3, -0.25) is 4.79 Å². The Morgan fingerprint density at radius 3 is 3.04 bits per heavy atom. The summed E-state index contributed by atoms with van der Waals surface area (Å²) in [6, 6.07) is 4.05. The molecule has 1 atom stereocenters. The largest absolute Gasteiger partial charge is 0.362 e. The number of nitrogens with one attached hydrogen (secondary N) is 2. The lowest BCUT2D eigenvalue weighted by Crippen LogP contribution is -2.19. The van der Waals surface area contributed by atoms with E-state index in [0.717, 1.165) is 59.7 Å². The first kappa shape index (κ1) is 17.9. The van der Waals surface area contributed by atoms with Crippen molar-refractivity contribution in [2.45, 2.75) is 39.3 Å². The second-order valence-corrected chi connectivity index (χ2v) is 7.65. The highest BCUT2D eigenvalue weighted by atomic mass is 32.1. The van der Waals surface area contributed by atoms with Crippen LogP contribution in [-0.2, 0) is 4.74 Å². The highest BCUT2D eigenvalue weighted by molar-refractivity contribution is 7.17. The summed E-state index contributed by atoms with van der Waals surface area (Å²) in [4.78, 5) is 17.5. The first-order chi connectivity index (χ1) is 13.2. The molecule has 0 bridgehead atoms. The molecule has 1 amide bonds. The molecule has 142 valence electrons. The molecule has 1 fully saturated rings. The van der Waals surface area contributed by atoms with Crippen LogP contribution in [0.4, 0.5) is 10.8 Å². The molecule has 1 aliphatic heterocycles. The number of thiazole rings is 1. The number of carbonyl (C=O) groups is 1. The molecule has 2 aromatic heterocycles. The molecular weight excluding hydrogens is 362 g/mol. The zero-order valence-corrected chi connectivity index (χ0v) is 16.3. The molecule has 1 unspecified atom stereocenters. The first-order valence-corrected chi connectivity index (χ1v) is 10.1. The van der Waals surface area contributed by atoms with E-state index in [2.05, 4.69) is 20.7 Å². The van der Waals surface area contributed by atoms with Crippen LogP contribution in [0.15, 0.2) is 24.5 Å². The number of aromatic nitrogens is 3. The fraction of sp³-hybridized carbons (Fsp3) is 0.421. The van der Waals surface area contributed by atoms with E-state index >= 15 is 0 Å². The molecule has 0 radical (unpaired) electrons. The number of nitrogens with zero attached hydrogens (tertiary/aromatic N) is 3. The third kappa shape index (κ3) is 3.54. The van der Waals surface area contributed by atoms with Crippen LogP contribution in [0, 0.1) is 6.92 Å². The Morgan fingerprint density at radius 2 is 2.26 bits per heavy atom. The molecule has 1 aliphatic rings. The second-order valence-electron chi connectivity index (χ2n) is 6.61. The van der Waals surface area contributed by atoms with Crippen LogP contribution in [0.2, 0.25) is 0 Å². The standard InChI is InChI=1S/C19H23N5O2S/c1-3-20-19-21-11-15(27-19)18(25)23-17-12(2)7-8-14-13(17)10-22-24(14)16-6-4-5-9-26-16/h7-8,10-11,16H,3-6,9H2,1-2H3,(H,20,21)(H,23,25). The third-order valence-electron chi connectivity index (χ3n) is 4.71. The van der Waals surface area contributed by atoms with E-state index in [-0.39, 0.29) is 12.1 Å². The molecule has 0 spiro atoms. The molecule has 7 nitrogen and oxygen atoms in total. The summed E-state index contributed by atoms with van der Waals surface area (Å²) in [5, 5.41) is 12.4. The molecule has 3 aromatic rings. The van der Waals surface area contributed by atoms with Crippen molar-refractivity contribution >= 4 is 39.0 Å². The average Bonchev–Trinajstić information content (AvgIpc) is 3.32. The Bertz CT molecular complexity index is 958. The number of ether oxygens (including phenoxy) is 1. The van der Waals surface area contributed by atoms with Gasteiger partial charge >= 0.3 is 0 Å². The lowest BCUT2D eigenvalue weighted by Gasteiger charge is -2.23. The predicted octanol–water partition coefficient (Wildman–Crippen LogP) is 4.18. The minimum absolute atomic E-state index is 0.0355. The zero-order valence-electron chi connectivity index (χ0n) is 15.5. The molecule has 1 aromatic carbocycles. The van der Waals surface area contributed by atoms with Crippen molar-refractivity contribution in [1.82, 2.24) is 14.8 Å². The van der Waals surface area contributed by atoms with Crippen molar-refractivity contribution in [3.8, 4) is 0 Å². The third-order valence-corrected chi connectivity index (χ3v) is 5.67. The van der Waals surface area contributed by atoms with Crippen LogP contribution in [-0.4, -0.2) is 33.8 Å². The van der Waals surface area contributed by atoms with Crippen molar-refractivity contribution in [3.63, 3.8) is 0 Å². The summed E-state index contributed by atoms with van der Waals surface area (Å²) in [6.45, 7) is 5.52. The summed E-state index contributed by atoms with van der Waals surface area (Å²) in [5.74, 6) is -0.158. The monoisotopic (exact) mass is 385 g/mol. The van der Waals surface area contributed by atoms with E-state index in [1.807, 2.05) is 36.9 Å². The Kier molecular flexibility index (Phi) is 5.09. The molecule has 4 rings (SSSR count). The van der Waals surface area contributed by atoms with E-state index < -0.39 is 0 Å². The number of fused-ring (bicyclic) bond motifs is 1. The van der Waals surface area contributed by atoms with Crippen molar-refractivity contribution in [1.29, 1.82) is 0 Å². The Hall–Kier alpha value is -2.45. The minimum Gasteiger partial charge on any atom is -0.362 e. The van der Waals surface area contributed by atoms with Crippen LogP contribution >= 0.6 is 11.3 Å². The predicted molar refractivity (Wildman–Crippen MR) is 108 cm³/mol. The smallest absolute Gasteiger partial charge is 0.267 e. The van der Waals surface area contributed by atoms with Gasteiger partial charge in [0.15, 0.2) is 11.4 Å². The number of rotatable bonds is 5. The van der Waals surface area contributed by atoms with E-state index in [1.54, 1.807) is 6.20 Å². The van der Waals surface area contributed by atoms with Gasteiger partial charge in [0.2, 0.25) is 0 Å². The van der Waals surface area contributed by atoms with Crippen molar-refractivity contribution in [2.24, 2.45) is 0 Å². The molecule has 27 heavy (non-hydrogen) atoms. The van der Waals surface area contributed by atoms with Gasteiger partial charge in [-0.05, 0) is 44.7 Å². The molecular formula is C19H23N5O2S. The van der Waals surface area contributed by atoms with Gasteiger partial charge in [0, 0.05) is 18.5 Å². The van der Waals surface area contributed by atoms with Gasteiger partial charge in [0.05, 0.1) is 23.6 Å². The van der Waals surface area contributed by atoms with Crippen LogP contribution in [0.3, 0.4) is 0 Å². The van der Waals surface area contributed by atoms with Crippen molar-refractivity contribution < 1.29 is 9.53 Å². The van der Waals surface area contributed by atoms with Crippen molar-refractivity contribution in [2.75, 3.05) is 23.8 Å². The molecule has 0 aliphatic carbocycles. The normalized spacial score (nSPS) is 17.2. The van der Waals surface area contributed by atoms with E-state index in [4.69, 9.17) is 4.74 Å². The molecule has 3 heterocycles. The lowest BCUT2D eigenvalue weighted by atomic mass is 10.1. The van der Waals surface area contributed by atoms with E-state index in [1.165, 1.54) is 11.3 Å². The quantitative estimate of drug-likeness (QED) is 0.688. The number of benzene rings is 1. The number of amides is 1. The van der Waals surface area contributed by atoms with Gasteiger partial charge in [-0.25, -0.2) is 9.67 Å². The SMILES string of the molecule is CCNc1ncc(C(=O)Nc2c(C)ccc3c2cnn3C2CCCCO2)s1. The van der Waals surface area contributed by atoms with Gasteiger partial charge in [-0.1, -0.05) is 17.4 Å². The van der Waals surface area contributed by atoms with Crippen LogP contribution in [0.5, 0.6) is 0 Å². The number of hydrogen-bond acceptors (Lipinski definition) is 6. The minimum atomic E-state index is -0.158. The highest BCUT2D eigenvalue weighted by Gasteiger charge is 2.21. The summed E-state index contributed by atoms with van der Waals surface area (Å²) in [7, 11) is 0. The molecule has 8 heteroatoms. The van der Waals surface area contributed by atoms with Crippen LogP contribution in [0.1, 0.15) is 47.6 Å². The maximum Gasteiger partial charge on any atom is 0.267 e. The van der Waals surface area contributed by atoms with Crippen molar-refractivity contribution in [3.05, 3.63) is 35.0 Å². The Balaban J connectivity index is 1.63.